The summed E-state index contributed by atoms with van der Waals surface area (Å²) < 4.78 is 10.2. The summed E-state index contributed by atoms with van der Waals surface area (Å²) in [6.45, 7) is 0.144. The van der Waals surface area contributed by atoms with Crippen LogP contribution < -0.4 is 21.1 Å². The van der Waals surface area contributed by atoms with Crippen LogP contribution in [0.15, 0.2) is 47.1 Å². The number of anilines is 1. The third kappa shape index (κ3) is 5.52. The first-order chi connectivity index (χ1) is 12.5. The van der Waals surface area contributed by atoms with Gasteiger partial charge in [-0.3, -0.25) is 14.4 Å². The van der Waals surface area contributed by atoms with Gasteiger partial charge in [0.25, 0.3) is 0 Å². The fourth-order valence-electron chi connectivity index (χ4n) is 2.07. The van der Waals surface area contributed by atoms with Crippen LogP contribution in [-0.2, 0) is 9.59 Å². The molecular formula is C18H19N3O5. The number of primary amides is 1. The highest BCUT2D eigenvalue weighted by atomic mass is 16.5. The monoisotopic (exact) mass is 357 g/mol. The van der Waals surface area contributed by atoms with Gasteiger partial charge in [-0.1, -0.05) is 0 Å². The van der Waals surface area contributed by atoms with Crippen molar-refractivity contribution in [1.29, 1.82) is 0 Å². The number of hydrogen-bond donors (Lipinski definition) is 3. The van der Waals surface area contributed by atoms with Crippen molar-refractivity contribution >= 4 is 29.5 Å². The van der Waals surface area contributed by atoms with E-state index in [9.17, 15) is 14.4 Å². The van der Waals surface area contributed by atoms with Crippen LogP contribution in [0.3, 0.4) is 0 Å². The van der Waals surface area contributed by atoms with E-state index in [0.29, 0.717) is 17.2 Å². The van der Waals surface area contributed by atoms with Gasteiger partial charge in [0.15, 0.2) is 0 Å². The van der Waals surface area contributed by atoms with Crippen molar-refractivity contribution in [3.63, 3.8) is 0 Å². The summed E-state index contributed by atoms with van der Waals surface area (Å²) in [5.74, 6) is -0.352. The summed E-state index contributed by atoms with van der Waals surface area (Å²) >= 11 is 0. The van der Waals surface area contributed by atoms with E-state index in [-0.39, 0.29) is 30.3 Å². The number of carbonyl (C=O) groups excluding carboxylic acids is 3. The van der Waals surface area contributed by atoms with Crippen molar-refractivity contribution in [2.75, 3.05) is 19.0 Å². The summed E-state index contributed by atoms with van der Waals surface area (Å²) in [5.41, 5.74) is 5.81. The molecule has 3 amide bonds. The summed E-state index contributed by atoms with van der Waals surface area (Å²) in [6.07, 6.45) is 4.39. The maximum absolute atomic E-state index is 12.0. The SMILES string of the molecule is COc1ccc(C(N)=O)cc1NC(=O)CCNC(=O)/C=C/c1ccco1. The highest BCUT2D eigenvalue weighted by Crippen LogP contribution is 2.25. The second-order valence-electron chi connectivity index (χ2n) is 5.22. The average molecular weight is 357 g/mol. The number of nitrogens with two attached hydrogens (primary N) is 1. The Morgan fingerprint density at radius 3 is 2.73 bits per heavy atom. The molecule has 136 valence electrons. The van der Waals surface area contributed by atoms with Gasteiger partial charge in [-0.25, -0.2) is 0 Å². The second kappa shape index (κ2) is 9.07. The van der Waals surface area contributed by atoms with Crippen LogP contribution in [0.5, 0.6) is 5.75 Å². The van der Waals surface area contributed by atoms with Crippen molar-refractivity contribution in [2.45, 2.75) is 6.42 Å². The molecule has 0 unspecified atom stereocenters. The first-order valence-corrected chi connectivity index (χ1v) is 7.76. The van der Waals surface area contributed by atoms with Crippen molar-refractivity contribution in [2.24, 2.45) is 5.73 Å². The van der Waals surface area contributed by atoms with Crippen molar-refractivity contribution < 1.29 is 23.5 Å². The number of rotatable bonds is 8. The number of amides is 3. The quantitative estimate of drug-likeness (QED) is 0.618. The summed E-state index contributed by atoms with van der Waals surface area (Å²) in [6, 6.07) is 7.90. The maximum atomic E-state index is 12.0. The van der Waals surface area contributed by atoms with Crippen molar-refractivity contribution in [1.82, 2.24) is 5.32 Å². The molecule has 26 heavy (non-hydrogen) atoms. The molecule has 0 spiro atoms. The van der Waals surface area contributed by atoms with Gasteiger partial charge in [0.1, 0.15) is 11.5 Å². The Morgan fingerprint density at radius 2 is 2.08 bits per heavy atom. The van der Waals surface area contributed by atoms with Crippen LogP contribution in [0.1, 0.15) is 22.5 Å². The van der Waals surface area contributed by atoms with E-state index < -0.39 is 5.91 Å². The molecule has 1 aromatic heterocycles. The number of hydrogen-bond acceptors (Lipinski definition) is 5. The third-order valence-corrected chi connectivity index (χ3v) is 3.35. The summed E-state index contributed by atoms with van der Waals surface area (Å²) in [7, 11) is 1.44. The Morgan fingerprint density at radius 1 is 1.27 bits per heavy atom. The fraction of sp³-hybridized carbons (Fsp3) is 0.167. The zero-order valence-electron chi connectivity index (χ0n) is 14.2. The van der Waals surface area contributed by atoms with Gasteiger partial charge in [-0.05, 0) is 36.4 Å². The summed E-state index contributed by atoms with van der Waals surface area (Å²) in [5, 5.41) is 5.22. The van der Waals surface area contributed by atoms with Gasteiger partial charge in [-0.15, -0.1) is 0 Å². The molecule has 0 atom stereocenters. The molecule has 4 N–H and O–H groups in total. The second-order valence-corrected chi connectivity index (χ2v) is 5.22. The van der Waals surface area contributed by atoms with E-state index >= 15 is 0 Å². The highest BCUT2D eigenvalue weighted by Gasteiger charge is 2.11. The predicted molar refractivity (Wildman–Crippen MR) is 95.5 cm³/mol. The smallest absolute Gasteiger partial charge is 0.248 e. The van der Waals surface area contributed by atoms with Gasteiger partial charge in [0.2, 0.25) is 17.7 Å². The van der Waals surface area contributed by atoms with Crippen LogP contribution in [0.4, 0.5) is 5.69 Å². The molecular weight excluding hydrogens is 338 g/mol. The summed E-state index contributed by atoms with van der Waals surface area (Å²) in [4.78, 5) is 34.9. The van der Waals surface area contributed by atoms with Crippen molar-refractivity contribution in [3.8, 4) is 5.75 Å². The highest BCUT2D eigenvalue weighted by molar-refractivity contribution is 5.98. The zero-order valence-corrected chi connectivity index (χ0v) is 14.2. The Kier molecular flexibility index (Phi) is 6.55. The molecule has 0 aliphatic carbocycles. The van der Waals surface area contributed by atoms with E-state index in [1.165, 1.54) is 43.7 Å². The number of furan rings is 1. The minimum absolute atomic E-state index is 0.0459. The maximum Gasteiger partial charge on any atom is 0.248 e. The predicted octanol–water partition coefficient (Wildman–Crippen LogP) is 1.55. The average Bonchev–Trinajstić information content (AvgIpc) is 3.13. The Labute approximate surface area is 150 Å². The number of nitrogens with one attached hydrogen (secondary N) is 2. The van der Waals surface area contributed by atoms with E-state index in [1.54, 1.807) is 12.1 Å². The number of benzene rings is 1. The minimum atomic E-state index is -0.612. The molecule has 0 fully saturated rings. The fourth-order valence-corrected chi connectivity index (χ4v) is 2.07. The molecule has 8 heteroatoms. The van der Waals surface area contributed by atoms with Crippen LogP contribution >= 0.6 is 0 Å². The lowest BCUT2D eigenvalue weighted by molar-refractivity contribution is -0.117. The molecule has 0 saturated carbocycles. The van der Waals surface area contributed by atoms with Gasteiger partial charge in [0.05, 0.1) is 19.1 Å². The molecule has 0 bridgehead atoms. The van der Waals surface area contributed by atoms with Crippen LogP contribution in [0, 0.1) is 0 Å². The molecule has 2 aromatic rings. The van der Waals surface area contributed by atoms with Gasteiger partial charge in [0, 0.05) is 24.6 Å². The lowest BCUT2D eigenvalue weighted by atomic mass is 10.1. The van der Waals surface area contributed by atoms with Crippen LogP contribution in [0.25, 0.3) is 6.08 Å². The van der Waals surface area contributed by atoms with Crippen LogP contribution in [0.2, 0.25) is 0 Å². The first-order valence-electron chi connectivity index (χ1n) is 7.76. The topological polar surface area (TPSA) is 124 Å². The molecule has 0 radical (unpaired) electrons. The van der Waals surface area contributed by atoms with Gasteiger partial charge < -0.3 is 25.5 Å². The van der Waals surface area contributed by atoms with Crippen molar-refractivity contribution in [3.05, 3.63) is 54.0 Å². The van der Waals surface area contributed by atoms with E-state index in [0.717, 1.165) is 0 Å². The molecule has 8 nitrogen and oxygen atoms in total. The Balaban J connectivity index is 1.84. The van der Waals surface area contributed by atoms with Gasteiger partial charge >= 0.3 is 0 Å². The largest absolute Gasteiger partial charge is 0.495 e. The molecule has 1 aromatic carbocycles. The number of carbonyl (C=O) groups is 3. The lowest BCUT2D eigenvalue weighted by Crippen LogP contribution is -2.26. The molecule has 0 aliphatic rings. The van der Waals surface area contributed by atoms with Crippen LogP contribution in [-0.4, -0.2) is 31.4 Å². The molecule has 0 saturated heterocycles. The van der Waals surface area contributed by atoms with Gasteiger partial charge in [-0.2, -0.15) is 0 Å². The first kappa shape index (κ1) is 18.8. The molecule has 0 aliphatic heterocycles. The molecule has 2 rings (SSSR count). The number of ether oxygens (including phenoxy) is 1. The third-order valence-electron chi connectivity index (χ3n) is 3.35. The molecule has 1 heterocycles. The Hall–Kier alpha value is -3.55. The van der Waals surface area contributed by atoms with E-state index in [4.69, 9.17) is 14.9 Å². The van der Waals surface area contributed by atoms with E-state index in [2.05, 4.69) is 10.6 Å². The lowest BCUT2D eigenvalue weighted by Gasteiger charge is -2.11. The Bertz CT molecular complexity index is 812. The standard InChI is InChI=1S/C18H19N3O5/c1-25-15-6-4-12(18(19)24)11-14(15)21-17(23)8-9-20-16(22)7-5-13-3-2-10-26-13/h2-7,10-11H,8-9H2,1H3,(H2,19,24)(H,20,22)(H,21,23)/b7-5+. The zero-order chi connectivity index (χ0) is 18.9. The minimum Gasteiger partial charge on any atom is -0.495 e. The normalized spacial score (nSPS) is 10.5. The number of methoxy groups -OCH3 is 1. The van der Waals surface area contributed by atoms with E-state index in [1.807, 2.05) is 0 Å².